The van der Waals surface area contributed by atoms with Crippen LogP contribution in [0.25, 0.3) is 0 Å². The van der Waals surface area contributed by atoms with Gasteiger partial charge in [0.25, 0.3) is 0 Å². The van der Waals surface area contributed by atoms with Crippen LogP contribution in [0.1, 0.15) is 42.9 Å². The first-order valence-electron chi connectivity index (χ1n) is 8.24. The van der Waals surface area contributed by atoms with Crippen LogP contribution in [0, 0.1) is 0 Å². The molecule has 1 aromatic rings. The maximum absolute atomic E-state index is 5.70. The molecule has 0 saturated carbocycles. The SMILES string of the molecule is COc1cc2c(c(OC)c1)[C@@H]([NH+]1CCCCCC1)C[NH2+]C2. The van der Waals surface area contributed by atoms with Crippen molar-refractivity contribution < 1.29 is 19.7 Å². The van der Waals surface area contributed by atoms with E-state index in [-0.39, 0.29) is 0 Å². The monoisotopic (exact) mass is 292 g/mol. The van der Waals surface area contributed by atoms with E-state index in [2.05, 4.69) is 17.4 Å². The molecule has 3 rings (SSSR count). The first-order valence-corrected chi connectivity index (χ1v) is 8.24. The average Bonchev–Trinajstić information content (AvgIpc) is 2.82. The van der Waals surface area contributed by atoms with Crippen LogP contribution in [0.15, 0.2) is 12.1 Å². The van der Waals surface area contributed by atoms with Crippen molar-refractivity contribution in [3.8, 4) is 11.5 Å². The van der Waals surface area contributed by atoms with Gasteiger partial charge in [-0.3, -0.25) is 0 Å². The minimum absolute atomic E-state index is 0.563. The summed E-state index contributed by atoms with van der Waals surface area (Å²) in [5.41, 5.74) is 2.82. The highest BCUT2D eigenvalue weighted by Crippen LogP contribution is 2.33. The third kappa shape index (κ3) is 3.01. The Morgan fingerprint density at radius 3 is 2.48 bits per heavy atom. The summed E-state index contributed by atoms with van der Waals surface area (Å²) in [6, 6.07) is 4.80. The summed E-state index contributed by atoms with van der Waals surface area (Å²) >= 11 is 0. The lowest BCUT2D eigenvalue weighted by atomic mass is 9.93. The minimum Gasteiger partial charge on any atom is -0.497 e. The summed E-state index contributed by atoms with van der Waals surface area (Å²) in [6.07, 6.45) is 5.51. The average molecular weight is 292 g/mol. The normalized spacial score (nSPS) is 23.2. The van der Waals surface area contributed by atoms with Crippen LogP contribution >= 0.6 is 0 Å². The highest BCUT2D eigenvalue weighted by atomic mass is 16.5. The van der Waals surface area contributed by atoms with Gasteiger partial charge < -0.3 is 19.7 Å². The molecular formula is C17H28N2O2+2. The summed E-state index contributed by atoms with van der Waals surface area (Å²) in [5, 5.41) is 2.43. The summed E-state index contributed by atoms with van der Waals surface area (Å²) in [6.45, 7) is 4.80. The zero-order chi connectivity index (χ0) is 14.7. The number of methoxy groups -OCH3 is 2. The molecule has 0 aromatic heterocycles. The van der Waals surface area contributed by atoms with Crippen LogP contribution in [0.5, 0.6) is 11.5 Å². The Balaban J connectivity index is 1.95. The number of quaternary nitrogens is 2. The Morgan fingerprint density at radius 1 is 1.05 bits per heavy atom. The fourth-order valence-electron chi connectivity index (χ4n) is 3.93. The van der Waals surface area contributed by atoms with Crippen molar-refractivity contribution in [2.24, 2.45) is 0 Å². The molecule has 4 heteroatoms. The van der Waals surface area contributed by atoms with Gasteiger partial charge in [0.15, 0.2) is 6.04 Å². The number of fused-ring (bicyclic) bond motifs is 1. The maximum Gasteiger partial charge on any atom is 0.167 e. The molecule has 116 valence electrons. The number of benzene rings is 1. The van der Waals surface area contributed by atoms with E-state index in [1.807, 2.05) is 0 Å². The smallest absolute Gasteiger partial charge is 0.167 e. The van der Waals surface area contributed by atoms with Gasteiger partial charge in [0.1, 0.15) is 24.6 Å². The summed E-state index contributed by atoms with van der Waals surface area (Å²) < 4.78 is 11.1. The van der Waals surface area contributed by atoms with Crippen molar-refractivity contribution >= 4 is 0 Å². The van der Waals surface area contributed by atoms with Gasteiger partial charge in [0.05, 0.1) is 32.9 Å². The van der Waals surface area contributed by atoms with Crippen molar-refractivity contribution in [1.82, 2.24) is 0 Å². The van der Waals surface area contributed by atoms with Crippen LogP contribution in [-0.2, 0) is 6.54 Å². The topological polar surface area (TPSA) is 39.5 Å². The number of ether oxygens (including phenoxy) is 2. The molecule has 4 nitrogen and oxygen atoms in total. The van der Waals surface area contributed by atoms with Crippen LogP contribution < -0.4 is 19.7 Å². The molecule has 2 aliphatic heterocycles. The van der Waals surface area contributed by atoms with Crippen LogP contribution in [0.3, 0.4) is 0 Å². The lowest BCUT2D eigenvalue weighted by molar-refractivity contribution is -0.947. The third-order valence-electron chi connectivity index (χ3n) is 5.01. The highest BCUT2D eigenvalue weighted by molar-refractivity contribution is 5.48. The zero-order valence-electron chi connectivity index (χ0n) is 13.3. The van der Waals surface area contributed by atoms with Crippen molar-refractivity contribution in [1.29, 1.82) is 0 Å². The molecule has 0 bridgehead atoms. The largest absolute Gasteiger partial charge is 0.497 e. The Labute approximate surface area is 127 Å². The predicted octanol–water partition coefficient (Wildman–Crippen LogP) is 0.281. The van der Waals surface area contributed by atoms with Crippen molar-refractivity contribution in [2.45, 2.75) is 38.3 Å². The standard InChI is InChI=1S/C17H26N2O2/c1-20-14-9-13-11-18-12-15(17(13)16(10-14)21-2)19-7-5-3-4-6-8-19/h9-10,15,18H,3-8,11-12H2,1-2H3/p+2/t15-/m0/s1. The molecule has 2 heterocycles. The number of hydrogen-bond donors (Lipinski definition) is 2. The van der Waals surface area contributed by atoms with Gasteiger partial charge >= 0.3 is 0 Å². The molecule has 3 N–H and O–H groups in total. The van der Waals surface area contributed by atoms with E-state index in [1.165, 1.54) is 56.4 Å². The minimum atomic E-state index is 0.563. The van der Waals surface area contributed by atoms with E-state index in [9.17, 15) is 0 Å². The first-order chi connectivity index (χ1) is 10.3. The number of hydrogen-bond acceptors (Lipinski definition) is 2. The van der Waals surface area contributed by atoms with Crippen molar-refractivity contribution in [3.05, 3.63) is 23.3 Å². The van der Waals surface area contributed by atoms with Gasteiger partial charge in [-0.15, -0.1) is 0 Å². The zero-order valence-corrected chi connectivity index (χ0v) is 13.3. The van der Waals surface area contributed by atoms with E-state index in [0.29, 0.717) is 6.04 Å². The molecule has 0 spiro atoms. The van der Waals surface area contributed by atoms with Crippen molar-refractivity contribution in [2.75, 3.05) is 33.9 Å². The summed E-state index contributed by atoms with van der Waals surface area (Å²) in [7, 11) is 3.51. The molecule has 0 aliphatic carbocycles. The van der Waals surface area contributed by atoms with Crippen LogP contribution in [-0.4, -0.2) is 33.9 Å². The van der Waals surface area contributed by atoms with Gasteiger partial charge in [-0.05, 0) is 31.7 Å². The number of likely N-dealkylation sites (tertiary alicyclic amines) is 1. The number of rotatable bonds is 3. The lowest BCUT2D eigenvalue weighted by Crippen LogP contribution is -3.15. The van der Waals surface area contributed by atoms with E-state index >= 15 is 0 Å². The molecule has 0 amide bonds. The van der Waals surface area contributed by atoms with Crippen LogP contribution in [0.2, 0.25) is 0 Å². The molecule has 0 unspecified atom stereocenters. The molecule has 1 fully saturated rings. The number of nitrogens with one attached hydrogen (secondary N) is 1. The van der Waals surface area contributed by atoms with E-state index in [4.69, 9.17) is 9.47 Å². The molecule has 0 radical (unpaired) electrons. The fraction of sp³-hybridized carbons (Fsp3) is 0.647. The predicted molar refractivity (Wildman–Crippen MR) is 81.9 cm³/mol. The molecule has 2 aliphatic rings. The molecule has 1 aromatic carbocycles. The van der Waals surface area contributed by atoms with E-state index in [1.54, 1.807) is 19.1 Å². The van der Waals surface area contributed by atoms with Gasteiger partial charge in [-0.1, -0.05) is 0 Å². The van der Waals surface area contributed by atoms with E-state index in [0.717, 1.165) is 18.0 Å². The lowest BCUT2D eigenvalue weighted by Gasteiger charge is -2.32. The third-order valence-corrected chi connectivity index (χ3v) is 5.01. The van der Waals surface area contributed by atoms with Crippen LogP contribution in [0.4, 0.5) is 0 Å². The van der Waals surface area contributed by atoms with E-state index < -0.39 is 0 Å². The second-order valence-electron chi connectivity index (χ2n) is 6.26. The second kappa shape index (κ2) is 6.67. The molecule has 1 saturated heterocycles. The van der Waals surface area contributed by atoms with Gasteiger partial charge in [0, 0.05) is 11.6 Å². The maximum atomic E-state index is 5.70. The van der Waals surface area contributed by atoms with Gasteiger partial charge in [-0.25, -0.2) is 0 Å². The van der Waals surface area contributed by atoms with Gasteiger partial charge in [-0.2, -0.15) is 0 Å². The quantitative estimate of drug-likeness (QED) is 0.840. The Bertz CT molecular complexity index is 465. The Morgan fingerprint density at radius 2 is 1.81 bits per heavy atom. The molecular weight excluding hydrogens is 264 g/mol. The molecule has 1 atom stereocenters. The Kier molecular flexibility index (Phi) is 4.66. The second-order valence-corrected chi connectivity index (χ2v) is 6.26. The fourth-order valence-corrected chi connectivity index (χ4v) is 3.93. The number of nitrogens with two attached hydrogens (primary N) is 1. The summed E-state index contributed by atoms with van der Waals surface area (Å²) in [4.78, 5) is 1.74. The molecule has 21 heavy (non-hydrogen) atoms. The Hall–Kier alpha value is -1.26. The first kappa shape index (κ1) is 14.7. The highest BCUT2D eigenvalue weighted by Gasteiger charge is 2.35. The van der Waals surface area contributed by atoms with Crippen molar-refractivity contribution in [3.63, 3.8) is 0 Å². The summed E-state index contributed by atoms with van der Waals surface area (Å²) in [5.74, 6) is 1.92. The van der Waals surface area contributed by atoms with Gasteiger partial charge in [0.2, 0.25) is 0 Å².